The molecule has 1 aliphatic rings. The molecule has 0 saturated carbocycles. The zero-order chi connectivity index (χ0) is 18.1. The van der Waals surface area contributed by atoms with Gasteiger partial charge in [0.2, 0.25) is 0 Å². The molecule has 8 nitrogen and oxygen atoms in total. The maximum absolute atomic E-state index is 12.0. The summed E-state index contributed by atoms with van der Waals surface area (Å²) in [6.07, 6.45) is 6.03. The summed E-state index contributed by atoms with van der Waals surface area (Å²) in [4.78, 5) is 36.0. The lowest BCUT2D eigenvalue weighted by molar-refractivity contribution is 0.0946. The van der Waals surface area contributed by atoms with Crippen LogP contribution in [0.25, 0.3) is 0 Å². The fourth-order valence-corrected chi connectivity index (χ4v) is 2.60. The van der Waals surface area contributed by atoms with Gasteiger partial charge in [0.25, 0.3) is 5.91 Å². The number of rotatable bonds is 7. The Morgan fingerprint density at radius 1 is 1.12 bits per heavy atom. The average Bonchev–Trinajstić information content (AvgIpc) is 2.65. The summed E-state index contributed by atoms with van der Waals surface area (Å²) in [5.74, 6) is 0.522. The first-order chi connectivity index (χ1) is 12.2. The van der Waals surface area contributed by atoms with Crippen molar-refractivity contribution in [3.63, 3.8) is 0 Å². The predicted molar refractivity (Wildman–Crippen MR) is 94.7 cm³/mol. The van der Waals surface area contributed by atoms with Crippen LogP contribution >= 0.6 is 0 Å². The van der Waals surface area contributed by atoms with E-state index in [2.05, 4.69) is 22.2 Å². The minimum Gasteiger partial charge on any atom is -0.450 e. The number of amides is 2. The number of anilines is 1. The maximum Gasteiger partial charge on any atom is 0.409 e. The van der Waals surface area contributed by atoms with Crippen LogP contribution in [0.1, 0.15) is 43.6 Å². The molecule has 0 unspecified atom stereocenters. The van der Waals surface area contributed by atoms with Crippen molar-refractivity contribution >= 4 is 17.8 Å². The highest BCUT2D eigenvalue weighted by atomic mass is 16.6. The molecule has 0 aliphatic carbocycles. The lowest BCUT2D eigenvalue weighted by atomic mass is 10.2. The monoisotopic (exact) mass is 349 g/mol. The summed E-state index contributed by atoms with van der Waals surface area (Å²) in [5, 5.41) is 2.85. The number of nitrogens with one attached hydrogen (secondary N) is 1. The number of aromatic nitrogens is 2. The van der Waals surface area contributed by atoms with Crippen molar-refractivity contribution in [2.24, 2.45) is 0 Å². The number of carbonyl (C=O) groups excluding carboxylic acids is 2. The molecule has 0 bridgehead atoms. The Balaban J connectivity index is 1.82. The summed E-state index contributed by atoms with van der Waals surface area (Å²) >= 11 is 0. The van der Waals surface area contributed by atoms with Crippen molar-refractivity contribution in [2.75, 3.05) is 44.2 Å². The van der Waals surface area contributed by atoms with Crippen LogP contribution < -0.4 is 10.2 Å². The smallest absolute Gasteiger partial charge is 0.409 e. The quantitative estimate of drug-likeness (QED) is 0.754. The first kappa shape index (κ1) is 19.0. The van der Waals surface area contributed by atoms with E-state index in [0.29, 0.717) is 50.8 Å². The molecular formula is C17H27N5O3. The third-order valence-electron chi connectivity index (χ3n) is 4.07. The van der Waals surface area contributed by atoms with Gasteiger partial charge in [0.05, 0.1) is 19.0 Å². The predicted octanol–water partition coefficient (Wildman–Crippen LogP) is 1.68. The van der Waals surface area contributed by atoms with Gasteiger partial charge >= 0.3 is 6.09 Å². The average molecular weight is 349 g/mol. The maximum atomic E-state index is 12.0. The molecule has 1 saturated heterocycles. The minimum absolute atomic E-state index is 0.192. The van der Waals surface area contributed by atoms with Gasteiger partial charge in [-0.3, -0.25) is 4.79 Å². The molecule has 2 heterocycles. The summed E-state index contributed by atoms with van der Waals surface area (Å²) < 4.78 is 5.01. The fraction of sp³-hybridized carbons (Fsp3) is 0.647. The van der Waals surface area contributed by atoms with E-state index in [1.807, 2.05) is 4.90 Å². The SMILES string of the molecule is CCCCCNC(=O)c1cnc(N2CCN(C(=O)OCC)CC2)cn1. The van der Waals surface area contributed by atoms with E-state index < -0.39 is 0 Å². The van der Waals surface area contributed by atoms with Crippen molar-refractivity contribution in [3.8, 4) is 0 Å². The van der Waals surface area contributed by atoms with Crippen LogP contribution in [-0.4, -0.2) is 66.2 Å². The van der Waals surface area contributed by atoms with Gasteiger partial charge in [-0.05, 0) is 13.3 Å². The Kier molecular flexibility index (Phi) is 7.43. The van der Waals surface area contributed by atoms with E-state index in [1.165, 1.54) is 6.20 Å². The molecule has 1 aromatic heterocycles. The van der Waals surface area contributed by atoms with Gasteiger partial charge in [-0.25, -0.2) is 14.8 Å². The topological polar surface area (TPSA) is 87.7 Å². The number of piperazine rings is 1. The van der Waals surface area contributed by atoms with Gasteiger partial charge in [0.15, 0.2) is 0 Å². The van der Waals surface area contributed by atoms with Crippen LogP contribution in [0, 0.1) is 0 Å². The van der Waals surface area contributed by atoms with Crippen molar-refractivity contribution in [3.05, 3.63) is 18.1 Å². The normalized spacial score (nSPS) is 14.3. The molecular weight excluding hydrogens is 322 g/mol. The summed E-state index contributed by atoms with van der Waals surface area (Å²) in [6, 6.07) is 0. The largest absolute Gasteiger partial charge is 0.450 e. The third kappa shape index (κ3) is 5.58. The minimum atomic E-state index is -0.275. The van der Waals surface area contributed by atoms with Gasteiger partial charge in [-0.2, -0.15) is 0 Å². The second-order valence-corrected chi connectivity index (χ2v) is 5.90. The number of unbranched alkanes of at least 4 members (excludes halogenated alkanes) is 2. The van der Waals surface area contributed by atoms with Gasteiger partial charge in [0, 0.05) is 32.7 Å². The zero-order valence-corrected chi connectivity index (χ0v) is 15.0. The van der Waals surface area contributed by atoms with Gasteiger partial charge < -0.3 is 19.9 Å². The molecule has 2 rings (SSSR count). The molecule has 0 spiro atoms. The second-order valence-electron chi connectivity index (χ2n) is 5.90. The van der Waals surface area contributed by atoms with Crippen molar-refractivity contribution < 1.29 is 14.3 Å². The number of carbonyl (C=O) groups is 2. The molecule has 25 heavy (non-hydrogen) atoms. The van der Waals surface area contributed by atoms with Crippen LogP contribution in [0.5, 0.6) is 0 Å². The molecule has 1 aliphatic heterocycles. The number of hydrogen-bond acceptors (Lipinski definition) is 6. The van der Waals surface area contributed by atoms with Gasteiger partial charge in [-0.15, -0.1) is 0 Å². The van der Waals surface area contributed by atoms with Gasteiger partial charge in [-0.1, -0.05) is 19.8 Å². The Labute approximate surface area is 148 Å². The summed E-state index contributed by atoms with van der Waals surface area (Å²) in [7, 11) is 0. The van der Waals surface area contributed by atoms with Crippen molar-refractivity contribution in [1.82, 2.24) is 20.2 Å². The first-order valence-electron chi connectivity index (χ1n) is 8.92. The molecule has 8 heteroatoms. The van der Waals surface area contributed by atoms with Crippen molar-refractivity contribution in [1.29, 1.82) is 0 Å². The molecule has 2 amide bonds. The van der Waals surface area contributed by atoms with Crippen LogP contribution in [-0.2, 0) is 4.74 Å². The Hall–Kier alpha value is -2.38. The van der Waals surface area contributed by atoms with Crippen LogP contribution in [0.15, 0.2) is 12.4 Å². The van der Waals surface area contributed by atoms with E-state index in [4.69, 9.17) is 4.74 Å². The van der Waals surface area contributed by atoms with Crippen LogP contribution in [0.3, 0.4) is 0 Å². The highest BCUT2D eigenvalue weighted by Gasteiger charge is 2.23. The Morgan fingerprint density at radius 2 is 1.88 bits per heavy atom. The molecule has 0 atom stereocenters. The van der Waals surface area contributed by atoms with Gasteiger partial charge in [0.1, 0.15) is 11.5 Å². The summed E-state index contributed by atoms with van der Waals surface area (Å²) in [5.41, 5.74) is 0.324. The lowest BCUT2D eigenvalue weighted by Crippen LogP contribution is -2.49. The summed E-state index contributed by atoms with van der Waals surface area (Å²) in [6.45, 7) is 7.45. The Bertz CT molecular complexity index is 556. The lowest BCUT2D eigenvalue weighted by Gasteiger charge is -2.34. The molecule has 1 fully saturated rings. The third-order valence-corrected chi connectivity index (χ3v) is 4.07. The molecule has 0 aromatic carbocycles. The van der Waals surface area contributed by atoms with E-state index >= 15 is 0 Å². The first-order valence-corrected chi connectivity index (χ1v) is 8.92. The van der Waals surface area contributed by atoms with E-state index in [0.717, 1.165) is 19.3 Å². The molecule has 1 N–H and O–H groups in total. The number of hydrogen-bond donors (Lipinski definition) is 1. The standard InChI is InChI=1S/C17H27N5O3/c1-3-5-6-7-18-16(23)14-12-20-15(13-19-14)21-8-10-22(11-9-21)17(24)25-4-2/h12-13H,3-11H2,1-2H3,(H,18,23). The molecule has 1 aromatic rings. The number of nitrogens with zero attached hydrogens (tertiary/aromatic N) is 4. The zero-order valence-electron chi connectivity index (χ0n) is 15.0. The highest BCUT2D eigenvalue weighted by molar-refractivity contribution is 5.91. The van der Waals surface area contributed by atoms with Crippen LogP contribution in [0.4, 0.5) is 10.6 Å². The number of ether oxygens (including phenoxy) is 1. The molecule has 138 valence electrons. The highest BCUT2D eigenvalue weighted by Crippen LogP contribution is 2.13. The van der Waals surface area contributed by atoms with Crippen LogP contribution in [0.2, 0.25) is 0 Å². The van der Waals surface area contributed by atoms with E-state index in [9.17, 15) is 9.59 Å². The second kappa shape index (κ2) is 9.80. The van der Waals surface area contributed by atoms with Crippen molar-refractivity contribution in [2.45, 2.75) is 33.1 Å². The van der Waals surface area contributed by atoms with E-state index in [-0.39, 0.29) is 12.0 Å². The molecule has 0 radical (unpaired) electrons. The van der Waals surface area contributed by atoms with E-state index in [1.54, 1.807) is 18.0 Å². The Morgan fingerprint density at radius 3 is 2.48 bits per heavy atom. The fourth-order valence-electron chi connectivity index (χ4n) is 2.60.